The lowest BCUT2D eigenvalue weighted by atomic mass is 9.88. The number of carbonyl (C=O) groups is 1. The predicted molar refractivity (Wildman–Crippen MR) is 86.0 cm³/mol. The maximum atomic E-state index is 14.1. The Morgan fingerprint density at radius 1 is 1.24 bits per heavy atom. The highest BCUT2D eigenvalue weighted by molar-refractivity contribution is 9.10. The highest BCUT2D eigenvalue weighted by Gasteiger charge is 2.26. The van der Waals surface area contributed by atoms with Gasteiger partial charge in [0.1, 0.15) is 0 Å². The van der Waals surface area contributed by atoms with E-state index in [0.717, 1.165) is 5.56 Å². The fourth-order valence-corrected chi connectivity index (χ4v) is 2.56. The van der Waals surface area contributed by atoms with Crippen molar-refractivity contribution in [1.29, 1.82) is 0 Å². The summed E-state index contributed by atoms with van der Waals surface area (Å²) in [5.41, 5.74) is 6.90. The first kappa shape index (κ1) is 16.1. The molecule has 21 heavy (non-hydrogen) atoms. The van der Waals surface area contributed by atoms with Crippen molar-refractivity contribution < 1.29 is 9.18 Å². The van der Waals surface area contributed by atoms with E-state index in [1.807, 2.05) is 30.3 Å². The van der Waals surface area contributed by atoms with Gasteiger partial charge in [-0.05, 0) is 33.6 Å². The number of hydrogen-bond donors (Lipinski definition) is 1. The summed E-state index contributed by atoms with van der Waals surface area (Å²) < 4.78 is 14.5. The second kappa shape index (κ2) is 6.69. The van der Waals surface area contributed by atoms with Crippen LogP contribution in [-0.2, 0) is 0 Å². The molecule has 2 aromatic rings. The summed E-state index contributed by atoms with van der Waals surface area (Å²) in [6, 6.07) is 11.7. The molecule has 5 heteroatoms. The molecule has 2 nitrogen and oxygen atoms in total. The molecule has 2 unspecified atom stereocenters. The van der Waals surface area contributed by atoms with Crippen molar-refractivity contribution in [3.05, 3.63) is 68.9 Å². The molecule has 0 saturated heterocycles. The van der Waals surface area contributed by atoms with Gasteiger partial charge in [-0.15, -0.1) is 0 Å². The van der Waals surface area contributed by atoms with E-state index in [2.05, 4.69) is 15.9 Å². The average Bonchev–Trinajstić information content (AvgIpc) is 2.51. The lowest BCUT2D eigenvalue weighted by Crippen LogP contribution is -2.26. The zero-order valence-electron chi connectivity index (χ0n) is 11.3. The minimum Gasteiger partial charge on any atom is -0.323 e. The Hall–Kier alpha value is -1.23. The normalized spacial score (nSPS) is 13.8. The molecule has 2 aromatic carbocycles. The van der Waals surface area contributed by atoms with Crippen LogP contribution in [0.3, 0.4) is 0 Å². The lowest BCUT2D eigenvalue weighted by Gasteiger charge is -2.19. The summed E-state index contributed by atoms with van der Waals surface area (Å²) in [5, 5.41) is -0.0960. The van der Waals surface area contributed by atoms with Gasteiger partial charge in [0, 0.05) is 16.4 Å². The Bertz CT molecular complexity index is 663. The van der Waals surface area contributed by atoms with Gasteiger partial charge in [-0.25, -0.2) is 4.39 Å². The summed E-state index contributed by atoms with van der Waals surface area (Å²) in [5.74, 6) is -1.64. The van der Waals surface area contributed by atoms with E-state index < -0.39 is 17.8 Å². The van der Waals surface area contributed by atoms with Gasteiger partial charge in [-0.3, -0.25) is 4.79 Å². The number of ketones is 1. The van der Waals surface area contributed by atoms with Gasteiger partial charge < -0.3 is 5.73 Å². The SMILES string of the molecule is CC(C(=O)c1ccc(Br)c(Cl)c1F)C(N)c1ccccc1. The Morgan fingerprint density at radius 2 is 1.86 bits per heavy atom. The molecule has 0 aliphatic heterocycles. The standard InChI is InChI=1S/C16H14BrClFNO/c1-9(15(20)10-5-3-2-4-6-10)16(21)11-7-8-12(17)13(18)14(11)19/h2-9,15H,20H2,1H3. The van der Waals surface area contributed by atoms with Crippen LogP contribution in [0.4, 0.5) is 4.39 Å². The van der Waals surface area contributed by atoms with Gasteiger partial charge in [0.25, 0.3) is 0 Å². The number of halogens is 3. The molecule has 0 spiro atoms. The van der Waals surface area contributed by atoms with Crippen molar-refractivity contribution >= 4 is 33.3 Å². The largest absolute Gasteiger partial charge is 0.323 e. The van der Waals surface area contributed by atoms with E-state index in [-0.39, 0.29) is 16.4 Å². The van der Waals surface area contributed by atoms with Crippen molar-refractivity contribution in [2.75, 3.05) is 0 Å². The van der Waals surface area contributed by atoms with E-state index >= 15 is 0 Å². The zero-order valence-corrected chi connectivity index (χ0v) is 13.7. The highest BCUT2D eigenvalue weighted by Crippen LogP contribution is 2.30. The number of rotatable bonds is 4. The molecule has 2 rings (SSSR count). The van der Waals surface area contributed by atoms with Crippen LogP contribution in [0.1, 0.15) is 28.9 Å². The van der Waals surface area contributed by atoms with Crippen molar-refractivity contribution in [2.45, 2.75) is 13.0 Å². The lowest BCUT2D eigenvalue weighted by molar-refractivity contribution is 0.0908. The smallest absolute Gasteiger partial charge is 0.170 e. The fraction of sp³-hybridized carbons (Fsp3) is 0.188. The Labute approximate surface area is 136 Å². The average molecular weight is 371 g/mol. The maximum Gasteiger partial charge on any atom is 0.170 e. The van der Waals surface area contributed by atoms with Crippen LogP contribution in [0, 0.1) is 11.7 Å². The second-order valence-corrected chi connectivity index (χ2v) is 6.04. The molecule has 0 aliphatic rings. The first-order valence-corrected chi connectivity index (χ1v) is 7.58. The summed E-state index contributed by atoms with van der Waals surface area (Å²) in [4.78, 5) is 12.4. The number of nitrogens with two attached hydrogens (primary N) is 1. The van der Waals surface area contributed by atoms with Crippen molar-refractivity contribution in [3.63, 3.8) is 0 Å². The highest BCUT2D eigenvalue weighted by atomic mass is 79.9. The maximum absolute atomic E-state index is 14.1. The summed E-state index contributed by atoms with van der Waals surface area (Å²) in [6.45, 7) is 1.69. The van der Waals surface area contributed by atoms with Crippen molar-refractivity contribution in [3.8, 4) is 0 Å². The molecule has 0 saturated carbocycles. The van der Waals surface area contributed by atoms with Crippen LogP contribution in [-0.4, -0.2) is 5.78 Å². The van der Waals surface area contributed by atoms with Crippen LogP contribution in [0.5, 0.6) is 0 Å². The molecule has 0 radical (unpaired) electrons. The van der Waals surface area contributed by atoms with E-state index in [0.29, 0.717) is 4.47 Å². The predicted octanol–water partition coefficient (Wildman–Crippen LogP) is 4.76. The zero-order chi connectivity index (χ0) is 15.6. The van der Waals surface area contributed by atoms with E-state index in [1.165, 1.54) is 6.07 Å². The van der Waals surface area contributed by atoms with Crippen molar-refractivity contribution in [2.24, 2.45) is 11.7 Å². The Kier molecular flexibility index (Phi) is 5.14. The van der Waals surface area contributed by atoms with Crippen LogP contribution >= 0.6 is 27.5 Å². The fourth-order valence-electron chi connectivity index (χ4n) is 2.09. The van der Waals surface area contributed by atoms with Gasteiger partial charge in [0.05, 0.1) is 10.6 Å². The molecular weight excluding hydrogens is 357 g/mol. The van der Waals surface area contributed by atoms with E-state index in [4.69, 9.17) is 17.3 Å². The topological polar surface area (TPSA) is 43.1 Å². The van der Waals surface area contributed by atoms with Crippen LogP contribution in [0.2, 0.25) is 5.02 Å². The third kappa shape index (κ3) is 3.34. The molecule has 0 aromatic heterocycles. The van der Waals surface area contributed by atoms with Gasteiger partial charge >= 0.3 is 0 Å². The molecule has 0 heterocycles. The van der Waals surface area contributed by atoms with Crippen LogP contribution in [0.25, 0.3) is 0 Å². The third-order valence-corrected chi connectivity index (χ3v) is 4.70. The molecule has 0 amide bonds. The Balaban J connectivity index is 2.30. The molecular formula is C16H14BrClFNO. The third-order valence-electron chi connectivity index (χ3n) is 3.44. The van der Waals surface area contributed by atoms with Crippen molar-refractivity contribution in [1.82, 2.24) is 0 Å². The van der Waals surface area contributed by atoms with Gasteiger partial charge in [-0.1, -0.05) is 48.9 Å². The second-order valence-electron chi connectivity index (χ2n) is 4.81. The molecule has 2 atom stereocenters. The number of carbonyl (C=O) groups excluding carboxylic acids is 1. The number of benzene rings is 2. The molecule has 0 aliphatic carbocycles. The monoisotopic (exact) mass is 369 g/mol. The molecule has 110 valence electrons. The van der Waals surface area contributed by atoms with Crippen LogP contribution < -0.4 is 5.73 Å². The minimum atomic E-state index is -0.719. The van der Waals surface area contributed by atoms with E-state index in [1.54, 1.807) is 13.0 Å². The minimum absolute atomic E-state index is 0.0397. The number of Topliss-reactive ketones (excluding diaryl/α,β-unsaturated/α-hetero) is 1. The van der Waals surface area contributed by atoms with E-state index in [9.17, 15) is 9.18 Å². The summed E-state index contributed by atoms with van der Waals surface area (Å²) >= 11 is 8.95. The first-order valence-electron chi connectivity index (χ1n) is 6.41. The summed E-state index contributed by atoms with van der Waals surface area (Å²) in [6.07, 6.45) is 0. The first-order chi connectivity index (χ1) is 9.93. The van der Waals surface area contributed by atoms with Gasteiger partial charge in [0.2, 0.25) is 0 Å². The Morgan fingerprint density at radius 3 is 2.48 bits per heavy atom. The number of hydrogen-bond acceptors (Lipinski definition) is 2. The van der Waals surface area contributed by atoms with Crippen LogP contribution in [0.15, 0.2) is 46.9 Å². The van der Waals surface area contributed by atoms with Gasteiger partial charge in [-0.2, -0.15) is 0 Å². The quantitative estimate of drug-likeness (QED) is 0.623. The molecule has 0 bridgehead atoms. The molecule has 0 fully saturated rings. The summed E-state index contributed by atoms with van der Waals surface area (Å²) in [7, 11) is 0. The molecule has 2 N–H and O–H groups in total. The van der Waals surface area contributed by atoms with Gasteiger partial charge in [0.15, 0.2) is 11.6 Å².